The van der Waals surface area contributed by atoms with Crippen LogP contribution in [0.1, 0.15) is 42.6 Å². The molecule has 2 atom stereocenters. The second kappa shape index (κ2) is 12.6. The number of rotatable bonds is 9. The van der Waals surface area contributed by atoms with Gasteiger partial charge in [-0.3, -0.25) is 18.9 Å². The van der Waals surface area contributed by atoms with Crippen molar-refractivity contribution in [2.24, 2.45) is 4.99 Å². The molecule has 1 aromatic carbocycles. The molecule has 3 aliphatic heterocycles. The number of methoxy groups -OCH3 is 1. The SMILES string of the molecule is CO[C@H]1CCN(C2=NC(C(=O)Nc3ccc(CN4CCOCC4(C)C)cc3C(=O)NCCCF)CS2)C1. The number of hydrogen-bond donors (Lipinski definition) is 2. The van der Waals surface area contributed by atoms with Crippen molar-refractivity contribution in [1.82, 2.24) is 15.1 Å². The molecule has 2 saturated heterocycles. The van der Waals surface area contributed by atoms with E-state index >= 15 is 0 Å². The maximum atomic E-state index is 13.1. The quantitative estimate of drug-likeness (QED) is 0.469. The van der Waals surface area contributed by atoms with Gasteiger partial charge in [0.2, 0.25) is 5.91 Å². The number of carbonyl (C=O) groups excluding carboxylic acids is 2. The summed E-state index contributed by atoms with van der Waals surface area (Å²) in [5.74, 6) is -0.0262. The van der Waals surface area contributed by atoms with E-state index < -0.39 is 12.7 Å². The smallest absolute Gasteiger partial charge is 0.253 e. The molecule has 3 aliphatic rings. The maximum Gasteiger partial charge on any atom is 0.253 e. The van der Waals surface area contributed by atoms with Gasteiger partial charge in [0.05, 0.1) is 37.2 Å². The molecule has 0 aromatic heterocycles. The normalized spacial score (nSPS) is 23.7. The summed E-state index contributed by atoms with van der Waals surface area (Å²) in [5, 5.41) is 6.57. The molecule has 37 heavy (non-hydrogen) atoms. The third-order valence-corrected chi connectivity index (χ3v) is 8.17. The number of amides is 2. The van der Waals surface area contributed by atoms with Crippen molar-refractivity contribution in [2.45, 2.75) is 50.9 Å². The average Bonchev–Trinajstić information content (AvgIpc) is 3.56. The Bertz CT molecular complexity index is 1010. The van der Waals surface area contributed by atoms with Gasteiger partial charge in [0.15, 0.2) is 5.17 Å². The molecule has 0 radical (unpaired) electrons. The Labute approximate surface area is 222 Å². The van der Waals surface area contributed by atoms with E-state index in [-0.39, 0.29) is 36.4 Å². The predicted octanol–water partition coefficient (Wildman–Crippen LogP) is 2.52. The first kappa shape index (κ1) is 27.8. The summed E-state index contributed by atoms with van der Waals surface area (Å²) in [7, 11) is 1.71. The molecule has 11 heteroatoms. The number of benzene rings is 1. The average molecular weight is 536 g/mol. The van der Waals surface area contributed by atoms with Crippen LogP contribution < -0.4 is 10.6 Å². The minimum atomic E-state index is -0.530. The third-order valence-electron chi connectivity index (χ3n) is 7.06. The first-order valence-corrected chi connectivity index (χ1v) is 13.9. The summed E-state index contributed by atoms with van der Waals surface area (Å²) < 4.78 is 23.7. The largest absolute Gasteiger partial charge is 0.380 e. The van der Waals surface area contributed by atoms with E-state index in [0.717, 1.165) is 36.8 Å². The van der Waals surface area contributed by atoms with Crippen LogP contribution in [0.15, 0.2) is 23.2 Å². The highest BCUT2D eigenvalue weighted by atomic mass is 32.2. The van der Waals surface area contributed by atoms with E-state index in [0.29, 0.717) is 36.8 Å². The van der Waals surface area contributed by atoms with Gasteiger partial charge < -0.3 is 25.0 Å². The zero-order valence-electron chi connectivity index (χ0n) is 21.9. The highest BCUT2D eigenvalue weighted by Gasteiger charge is 2.33. The van der Waals surface area contributed by atoms with Crippen LogP contribution in [0, 0.1) is 0 Å². The van der Waals surface area contributed by atoms with Crippen molar-refractivity contribution in [2.75, 3.05) is 64.2 Å². The molecule has 0 aliphatic carbocycles. The van der Waals surface area contributed by atoms with Crippen LogP contribution in [0.3, 0.4) is 0 Å². The number of likely N-dealkylation sites (tertiary alicyclic amines) is 1. The lowest BCUT2D eigenvalue weighted by Crippen LogP contribution is -2.52. The summed E-state index contributed by atoms with van der Waals surface area (Å²) in [6.07, 6.45) is 1.38. The first-order chi connectivity index (χ1) is 17.8. The second-order valence-electron chi connectivity index (χ2n) is 10.3. The van der Waals surface area contributed by atoms with E-state index in [1.165, 1.54) is 0 Å². The number of ether oxygens (including phenoxy) is 2. The summed E-state index contributed by atoms with van der Waals surface area (Å²) >= 11 is 1.57. The number of carbonyl (C=O) groups is 2. The van der Waals surface area contributed by atoms with Crippen molar-refractivity contribution in [3.63, 3.8) is 0 Å². The lowest BCUT2D eigenvalue weighted by Gasteiger charge is -2.42. The fourth-order valence-electron chi connectivity index (χ4n) is 4.73. The number of morpholine rings is 1. The Morgan fingerprint density at radius 1 is 1.32 bits per heavy atom. The molecule has 9 nitrogen and oxygen atoms in total. The van der Waals surface area contributed by atoms with Crippen LogP contribution in [0.5, 0.6) is 0 Å². The molecule has 0 saturated carbocycles. The van der Waals surface area contributed by atoms with E-state index in [4.69, 9.17) is 9.47 Å². The van der Waals surface area contributed by atoms with Gasteiger partial charge in [-0.15, -0.1) is 0 Å². The number of alkyl halides is 1. The highest BCUT2D eigenvalue weighted by Crippen LogP contribution is 2.27. The monoisotopic (exact) mass is 535 g/mol. The Kier molecular flexibility index (Phi) is 9.44. The summed E-state index contributed by atoms with van der Waals surface area (Å²) in [5.41, 5.74) is 1.64. The van der Waals surface area contributed by atoms with Crippen LogP contribution in [0.4, 0.5) is 10.1 Å². The van der Waals surface area contributed by atoms with Gasteiger partial charge in [-0.2, -0.15) is 0 Å². The minimum absolute atomic E-state index is 0.122. The van der Waals surface area contributed by atoms with Gasteiger partial charge in [0.25, 0.3) is 5.91 Å². The molecule has 1 unspecified atom stereocenters. The lowest BCUT2D eigenvalue weighted by molar-refractivity contribution is -0.116. The highest BCUT2D eigenvalue weighted by molar-refractivity contribution is 8.14. The molecule has 0 spiro atoms. The molecule has 0 bridgehead atoms. The van der Waals surface area contributed by atoms with Gasteiger partial charge in [-0.25, -0.2) is 4.99 Å². The predicted molar refractivity (Wildman–Crippen MR) is 144 cm³/mol. The van der Waals surface area contributed by atoms with Crippen molar-refractivity contribution in [3.05, 3.63) is 29.3 Å². The van der Waals surface area contributed by atoms with Crippen molar-refractivity contribution < 1.29 is 23.5 Å². The van der Waals surface area contributed by atoms with Crippen molar-refractivity contribution >= 4 is 34.4 Å². The van der Waals surface area contributed by atoms with Crippen LogP contribution in [-0.4, -0.2) is 103 Å². The Hall–Kier alpha value is -2.21. The zero-order chi connectivity index (χ0) is 26.4. The van der Waals surface area contributed by atoms with E-state index in [1.807, 2.05) is 12.1 Å². The van der Waals surface area contributed by atoms with Gasteiger partial charge in [-0.05, 0) is 44.4 Å². The van der Waals surface area contributed by atoms with Crippen LogP contribution in [0.2, 0.25) is 0 Å². The Balaban J connectivity index is 1.48. The molecule has 2 amide bonds. The zero-order valence-corrected chi connectivity index (χ0v) is 22.7. The number of nitrogens with zero attached hydrogens (tertiary/aromatic N) is 3. The van der Waals surface area contributed by atoms with Gasteiger partial charge in [-0.1, -0.05) is 17.8 Å². The topological polar surface area (TPSA) is 95.5 Å². The standard InChI is InChI=1S/C26H38FN5O4S/c1-26(2)17-36-12-11-32(26)14-18-5-6-21(20(13-18)23(33)28-9-4-8-27)29-24(34)22-16-37-25(30-22)31-10-7-19(15-31)35-3/h5-6,13,19,22H,4,7-12,14-17H2,1-3H3,(H,28,33)(H,29,34)/t19-,22?/m0/s1. The fourth-order valence-corrected chi connectivity index (χ4v) is 5.82. The first-order valence-electron chi connectivity index (χ1n) is 12.9. The van der Waals surface area contributed by atoms with Crippen molar-refractivity contribution in [3.8, 4) is 0 Å². The van der Waals surface area contributed by atoms with Crippen molar-refractivity contribution in [1.29, 1.82) is 0 Å². The summed E-state index contributed by atoms with van der Waals surface area (Å²) in [6.45, 7) is 8.40. The van der Waals surface area contributed by atoms with E-state index in [1.54, 1.807) is 24.9 Å². The van der Waals surface area contributed by atoms with Crippen LogP contribution >= 0.6 is 11.8 Å². The number of thioether (sulfide) groups is 1. The number of aliphatic imine (C=N–C) groups is 1. The third kappa shape index (κ3) is 7.01. The fraction of sp³-hybridized carbons (Fsp3) is 0.654. The molecule has 4 rings (SSSR count). The number of amidine groups is 1. The van der Waals surface area contributed by atoms with E-state index in [9.17, 15) is 14.0 Å². The molecule has 2 fully saturated rings. The van der Waals surface area contributed by atoms with Crippen LogP contribution in [0.25, 0.3) is 0 Å². The van der Waals surface area contributed by atoms with Crippen LogP contribution in [-0.2, 0) is 20.8 Å². The molecule has 1 aromatic rings. The Morgan fingerprint density at radius 2 is 2.16 bits per heavy atom. The van der Waals surface area contributed by atoms with Gasteiger partial charge in [0.1, 0.15) is 6.04 Å². The second-order valence-corrected chi connectivity index (χ2v) is 11.3. The summed E-state index contributed by atoms with van der Waals surface area (Å²) in [6, 6.07) is 5.00. The van der Waals surface area contributed by atoms with Gasteiger partial charge in [0, 0.05) is 51.1 Å². The summed E-state index contributed by atoms with van der Waals surface area (Å²) in [4.78, 5) is 35.3. The number of nitrogens with one attached hydrogen (secondary N) is 2. The number of halogens is 1. The lowest BCUT2D eigenvalue weighted by atomic mass is 10.00. The molecular weight excluding hydrogens is 497 g/mol. The Morgan fingerprint density at radius 3 is 2.89 bits per heavy atom. The maximum absolute atomic E-state index is 13.1. The minimum Gasteiger partial charge on any atom is -0.380 e. The molecule has 2 N–H and O–H groups in total. The van der Waals surface area contributed by atoms with E-state index in [2.05, 4.69) is 39.3 Å². The molecule has 204 valence electrons. The van der Waals surface area contributed by atoms with Gasteiger partial charge >= 0.3 is 0 Å². The molecular formula is C26H38FN5O4S. The number of hydrogen-bond acceptors (Lipinski definition) is 8. The molecule has 3 heterocycles. The number of anilines is 1.